The van der Waals surface area contributed by atoms with Gasteiger partial charge in [-0.25, -0.2) is 29.3 Å². The van der Waals surface area contributed by atoms with Crippen LogP contribution in [0.25, 0.3) is 43.9 Å². The quantitative estimate of drug-likeness (QED) is 0.0791. The molecule has 2 aliphatic heterocycles. The van der Waals surface area contributed by atoms with Gasteiger partial charge in [0.2, 0.25) is 5.97 Å². The van der Waals surface area contributed by atoms with Crippen molar-refractivity contribution in [2.45, 2.75) is 96.9 Å². The molecule has 85 heavy (non-hydrogen) atoms. The number of carboxylic acid groups (broad SMARTS) is 1. The van der Waals surface area contributed by atoms with Gasteiger partial charge in [0.1, 0.15) is 28.6 Å². The van der Waals surface area contributed by atoms with Crippen molar-refractivity contribution >= 4 is 93.0 Å². The van der Waals surface area contributed by atoms with Crippen LogP contribution >= 0.6 is 0 Å². The number of carboxylic acids is 1. The van der Waals surface area contributed by atoms with Crippen LogP contribution < -0.4 is 54.1 Å². The number of benzene rings is 2. The Morgan fingerprint density at radius 2 is 0.988 bits per heavy atom. The molecule has 0 spiro atoms. The molecule has 8 aromatic rings. The third kappa shape index (κ3) is 19.5. The Morgan fingerprint density at radius 1 is 0.576 bits per heavy atom. The minimum Gasteiger partial charge on any atom is -0.793 e. The average molecular weight is 1170 g/mol. The van der Waals surface area contributed by atoms with Gasteiger partial charge in [-0.15, -0.1) is 0 Å². The molecular formula is C62H75BN10NaO11. The van der Waals surface area contributed by atoms with Crippen LogP contribution in [-0.4, -0.2) is 150 Å². The summed E-state index contributed by atoms with van der Waals surface area (Å²) in [5.74, 6) is 0.799. The van der Waals surface area contributed by atoms with E-state index in [2.05, 4.69) is 127 Å². The zero-order valence-electron chi connectivity index (χ0n) is 49.7. The number of hydrogen-bond acceptors (Lipinski definition) is 18. The molecule has 4 N–H and O–H groups in total. The SMILES string of the molecule is CC(=O)O.CC(=O)OOC(C)=O.COc1cc(N2CCN(C3CCC(c4c[nH]c5ncccc45)CC3)CC2)c2ncccc2c1.COc1cc(N2CCNCC2)c2ncccc2c1.O=C1CCC(c2c[nH]c3ncccc23)CC1.[B-]OC(C)=O.[Na+]. The monoisotopic (exact) mass is 1170 g/mol. The fourth-order valence-corrected chi connectivity index (χ4v) is 11.0. The number of ether oxygens (including phenoxy) is 2. The van der Waals surface area contributed by atoms with Crippen LogP contribution in [0.2, 0.25) is 0 Å². The molecule has 4 fully saturated rings. The second-order valence-electron chi connectivity index (χ2n) is 20.6. The maximum Gasteiger partial charge on any atom is 1.00 e. The molecule has 3 radical (unpaired) electrons. The Kier molecular flexibility index (Phi) is 26.4. The average Bonchev–Trinajstić information content (AvgIpc) is 4.09. The number of pyridine rings is 4. The predicted molar refractivity (Wildman–Crippen MR) is 323 cm³/mol. The van der Waals surface area contributed by atoms with Crippen LogP contribution in [0.5, 0.6) is 11.5 Å². The summed E-state index contributed by atoms with van der Waals surface area (Å²) in [5, 5.41) is 15.6. The molecule has 2 saturated heterocycles. The van der Waals surface area contributed by atoms with Crippen LogP contribution in [0.3, 0.4) is 0 Å². The number of rotatable bonds is 7. The molecular weight excluding hydrogens is 1090 g/mol. The van der Waals surface area contributed by atoms with Crippen molar-refractivity contribution in [1.29, 1.82) is 0 Å². The van der Waals surface area contributed by atoms with E-state index in [9.17, 15) is 19.2 Å². The third-order valence-corrected chi connectivity index (χ3v) is 14.9. The van der Waals surface area contributed by atoms with E-state index >= 15 is 0 Å². The fourth-order valence-electron chi connectivity index (χ4n) is 11.0. The number of hydrogen-bond donors (Lipinski definition) is 4. The number of carbonyl (C=O) groups is 5. The smallest absolute Gasteiger partial charge is 0.793 e. The Balaban J connectivity index is 0.000000189. The van der Waals surface area contributed by atoms with E-state index in [1.807, 2.05) is 48.9 Å². The second kappa shape index (κ2) is 33.8. The Hall–Kier alpha value is -7.63. The van der Waals surface area contributed by atoms with Gasteiger partial charge in [-0.1, -0.05) is 12.1 Å². The van der Waals surface area contributed by atoms with Gasteiger partial charge in [-0.05, 0) is 110 Å². The van der Waals surface area contributed by atoms with Crippen molar-refractivity contribution in [3.05, 3.63) is 121 Å². The van der Waals surface area contributed by atoms with Gasteiger partial charge >= 0.3 is 41.5 Å². The largest absolute Gasteiger partial charge is 1.00 e. The number of H-pyrrole nitrogens is 2. The van der Waals surface area contributed by atoms with Crippen molar-refractivity contribution in [1.82, 2.24) is 40.1 Å². The van der Waals surface area contributed by atoms with E-state index in [1.165, 1.54) is 65.9 Å². The van der Waals surface area contributed by atoms with E-state index in [4.69, 9.17) is 19.4 Å². The van der Waals surface area contributed by atoms with E-state index in [0.717, 1.165) is 143 Å². The van der Waals surface area contributed by atoms with Crippen molar-refractivity contribution in [2.75, 3.05) is 76.4 Å². The summed E-state index contributed by atoms with van der Waals surface area (Å²) in [6.07, 6.45) is 20.2. The number of carbonyl (C=O) groups excluding carboxylic acids is 4. The van der Waals surface area contributed by atoms with Crippen LogP contribution in [0.1, 0.15) is 102 Å². The number of aromatic amines is 2. The van der Waals surface area contributed by atoms with Gasteiger partial charge in [-0.3, -0.25) is 29.3 Å². The van der Waals surface area contributed by atoms with Crippen molar-refractivity contribution in [2.24, 2.45) is 0 Å². The van der Waals surface area contributed by atoms with E-state index in [-0.39, 0.29) is 29.6 Å². The number of fused-ring (bicyclic) bond motifs is 4. The minimum atomic E-state index is -0.833. The number of aromatic nitrogens is 6. The zero-order chi connectivity index (χ0) is 60.0. The number of piperazine rings is 2. The molecule has 0 atom stereocenters. The molecule has 2 aliphatic carbocycles. The Morgan fingerprint density at radius 3 is 1.41 bits per heavy atom. The van der Waals surface area contributed by atoms with Crippen LogP contribution in [0.4, 0.5) is 11.4 Å². The standard InChI is InChI=1S/C27H31N5O.C14H17N3O.C13H14N2O.C4H6O4.C2H3BO2.C2H4O2.Na/c1-33-22-16-20-4-2-10-28-26(20)25(17-22)32-14-12-31(13-15-32)21-8-6-19(7-9-21)24-18-30-27-23(24)5-3-11-29-27;1-18-12-9-11-3-2-4-16-14(11)13(10-12)17-7-5-15-6-8-17;16-10-5-3-9(4-6-10)12-8-15-13-11(12)2-1-7-14-13;1-3(5)7-8-4(2)6;1-2(4)5-3;1-2(3)4;/h2-5,10-11,16-19,21H,6-9,12-15H2,1H3,(H,29,30);2-4,9-10,15H,5-8H2,1H3;1-2,7-9H,3-6H2,(H,14,15);1-2H3;1H3;1H3,(H,3,4);/q;;;;-1;;+1. The zero-order valence-corrected chi connectivity index (χ0v) is 51.7. The molecule has 21 nitrogen and oxygen atoms in total. The molecule has 0 unspecified atom stereocenters. The van der Waals surface area contributed by atoms with Gasteiger partial charge in [0, 0.05) is 170 Å². The number of Topliss-reactive ketones (excluding diaryl/α,β-unsaturated/α-hetero) is 1. The van der Waals surface area contributed by atoms with E-state index < -0.39 is 23.9 Å². The minimum absolute atomic E-state index is 0. The number of nitrogens with one attached hydrogen (secondary N) is 3. The molecule has 12 rings (SSSR count). The molecule has 2 aromatic carbocycles. The molecule has 8 heterocycles. The molecule has 2 saturated carbocycles. The van der Waals surface area contributed by atoms with Crippen LogP contribution in [-0.2, 0) is 38.4 Å². The molecule has 23 heteroatoms. The normalized spacial score (nSPS) is 16.8. The first-order valence-corrected chi connectivity index (χ1v) is 28.2. The Labute approximate surface area is 518 Å². The third-order valence-electron chi connectivity index (χ3n) is 14.9. The van der Waals surface area contributed by atoms with Crippen molar-refractivity contribution in [3.8, 4) is 11.5 Å². The van der Waals surface area contributed by atoms with Gasteiger partial charge in [0.25, 0.3) is 5.97 Å². The molecule has 6 aromatic heterocycles. The fraction of sp³-hybridized carbons (Fsp3) is 0.403. The van der Waals surface area contributed by atoms with Crippen LogP contribution in [0, 0.1) is 0 Å². The molecule has 443 valence electrons. The summed E-state index contributed by atoms with van der Waals surface area (Å²) in [6.45, 7) is 13.0. The molecule has 0 bridgehead atoms. The first-order valence-electron chi connectivity index (χ1n) is 28.2. The van der Waals surface area contributed by atoms with Gasteiger partial charge < -0.3 is 52.4 Å². The first kappa shape index (κ1) is 66.5. The van der Waals surface area contributed by atoms with Gasteiger partial charge in [0.05, 0.1) is 36.6 Å². The topological polar surface area (TPSA) is 257 Å². The first-order chi connectivity index (χ1) is 40.6. The summed E-state index contributed by atoms with van der Waals surface area (Å²) in [7, 11) is 7.77. The summed E-state index contributed by atoms with van der Waals surface area (Å²) >= 11 is 0. The maximum absolute atomic E-state index is 11.2. The number of methoxy groups -OCH3 is 2. The number of ketones is 1. The van der Waals surface area contributed by atoms with Crippen molar-refractivity contribution in [3.63, 3.8) is 0 Å². The summed E-state index contributed by atoms with van der Waals surface area (Å²) in [4.78, 5) is 89.1. The number of nitrogens with zero attached hydrogens (tertiary/aromatic N) is 7. The van der Waals surface area contributed by atoms with E-state index in [1.54, 1.807) is 20.4 Å². The molecule has 4 aliphatic rings. The summed E-state index contributed by atoms with van der Waals surface area (Å²) in [6, 6.07) is 25.5. The second-order valence-corrected chi connectivity index (χ2v) is 20.6. The van der Waals surface area contributed by atoms with Gasteiger partial charge in [-0.2, -0.15) is 0 Å². The predicted octanol–water partition coefficient (Wildman–Crippen LogP) is 6.17. The Bertz CT molecular complexity index is 3420. The summed E-state index contributed by atoms with van der Waals surface area (Å²) < 4.78 is 14.6. The maximum atomic E-state index is 11.2. The number of anilines is 2. The van der Waals surface area contributed by atoms with E-state index in [0.29, 0.717) is 23.7 Å². The summed E-state index contributed by atoms with van der Waals surface area (Å²) in [5.41, 5.74) is 9.25. The van der Waals surface area contributed by atoms with Gasteiger partial charge in [0.15, 0.2) is 0 Å². The molecule has 0 amide bonds. The van der Waals surface area contributed by atoms with Crippen LogP contribution in [0.15, 0.2) is 110 Å². The number of aliphatic carboxylic acids is 1. The van der Waals surface area contributed by atoms with Crippen molar-refractivity contribution < 1.29 is 82.5 Å².